The van der Waals surface area contributed by atoms with Gasteiger partial charge in [-0.3, -0.25) is 4.79 Å². The average molecular weight is 258 g/mol. The van der Waals surface area contributed by atoms with Crippen LogP contribution in [0.2, 0.25) is 0 Å². The van der Waals surface area contributed by atoms with Crippen LogP contribution >= 0.6 is 0 Å². The molecule has 1 aliphatic rings. The summed E-state index contributed by atoms with van der Waals surface area (Å²) in [4.78, 5) is 24.3. The lowest BCUT2D eigenvalue weighted by Crippen LogP contribution is -2.47. The van der Waals surface area contributed by atoms with E-state index in [1.54, 1.807) is 12.0 Å². The van der Waals surface area contributed by atoms with Gasteiger partial charge in [0.2, 0.25) is 0 Å². The van der Waals surface area contributed by atoms with Crippen molar-refractivity contribution in [1.82, 2.24) is 10.2 Å². The third-order valence-corrected chi connectivity index (χ3v) is 3.13. The molecule has 1 fully saturated rings. The van der Waals surface area contributed by atoms with E-state index in [1.165, 1.54) is 0 Å². The predicted molar refractivity (Wildman–Crippen MR) is 66.4 cm³/mol. The van der Waals surface area contributed by atoms with Crippen molar-refractivity contribution in [3.05, 3.63) is 0 Å². The highest BCUT2D eigenvalue weighted by Gasteiger charge is 2.34. The first-order valence-electron chi connectivity index (χ1n) is 6.34. The number of rotatable bonds is 8. The molecule has 104 valence electrons. The number of hydrogen-bond acceptors (Lipinski definition) is 3. The molecule has 1 saturated carbocycles. The molecule has 1 atom stereocenters. The highest BCUT2D eigenvalue weighted by molar-refractivity contribution is 5.76. The SMILES string of the molecule is CCN(CCOC)C(=O)NC(CC(=O)O)C1CC1. The number of urea groups is 1. The Morgan fingerprint density at radius 3 is 2.61 bits per heavy atom. The van der Waals surface area contributed by atoms with Crippen LogP contribution in [-0.4, -0.2) is 54.9 Å². The summed E-state index contributed by atoms with van der Waals surface area (Å²) in [5, 5.41) is 11.6. The number of carboxylic acids is 1. The highest BCUT2D eigenvalue weighted by Crippen LogP contribution is 2.34. The van der Waals surface area contributed by atoms with E-state index in [2.05, 4.69) is 5.32 Å². The summed E-state index contributed by atoms with van der Waals surface area (Å²) in [6.07, 6.45) is 2.00. The van der Waals surface area contributed by atoms with E-state index in [9.17, 15) is 9.59 Å². The summed E-state index contributed by atoms with van der Waals surface area (Å²) in [5.41, 5.74) is 0. The molecule has 0 radical (unpaired) electrons. The van der Waals surface area contributed by atoms with Crippen molar-refractivity contribution < 1.29 is 19.4 Å². The quantitative estimate of drug-likeness (QED) is 0.678. The Hall–Kier alpha value is -1.30. The monoisotopic (exact) mass is 258 g/mol. The number of methoxy groups -OCH3 is 1. The maximum absolute atomic E-state index is 12.0. The molecule has 0 heterocycles. The van der Waals surface area contributed by atoms with Crippen molar-refractivity contribution in [2.45, 2.75) is 32.2 Å². The van der Waals surface area contributed by atoms with Crippen molar-refractivity contribution in [2.24, 2.45) is 5.92 Å². The van der Waals surface area contributed by atoms with Gasteiger partial charge in [-0.1, -0.05) is 0 Å². The Bertz CT molecular complexity index is 292. The van der Waals surface area contributed by atoms with Crippen molar-refractivity contribution >= 4 is 12.0 Å². The molecule has 0 aromatic heterocycles. The van der Waals surface area contributed by atoms with E-state index < -0.39 is 5.97 Å². The van der Waals surface area contributed by atoms with Gasteiger partial charge in [-0.25, -0.2) is 4.79 Å². The first-order valence-corrected chi connectivity index (χ1v) is 6.34. The van der Waals surface area contributed by atoms with Crippen molar-refractivity contribution in [1.29, 1.82) is 0 Å². The molecule has 0 bridgehead atoms. The Kier molecular flexibility index (Phi) is 5.91. The van der Waals surface area contributed by atoms with Gasteiger partial charge < -0.3 is 20.1 Å². The number of amides is 2. The van der Waals surface area contributed by atoms with Gasteiger partial charge in [0.05, 0.1) is 13.0 Å². The standard InChI is InChI=1S/C12H22N2O4/c1-3-14(6-7-18-2)12(17)13-10(8-11(15)16)9-4-5-9/h9-10H,3-8H2,1-2H3,(H,13,17)(H,15,16). The van der Waals surface area contributed by atoms with Crippen LogP contribution in [0, 0.1) is 5.92 Å². The molecule has 6 nitrogen and oxygen atoms in total. The Labute approximate surface area is 107 Å². The van der Waals surface area contributed by atoms with Gasteiger partial charge in [0, 0.05) is 26.2 Å². The molecule has 0 spiro atoms. The van der Waals surface area contributed by atoms with Crippen LogP contribution in [0.25, 0.3) is 0 Å². The molecule has 0 saturated heterocycles. The van der Waals surface area contributed by atoms with Crippen LogP contribution in [0.4, 0.5) is 4.79 Å². The Balaban J connectivity index is 2.45. The van der Waals surface area contributed by atoms with Crippen LogP contribution in [0.15, 0.2) is 0 Å². The maximum Gasteiger partial charge on any atom is 0.317 e. The summed E-state index contributed by atoms with van der Waals surface area (Å²) in [7, 11) is 1.59. The first kappa shape index (κ1) is 14.8. The third kappa shape index (κ3) is 4.91. The Morgan fingerprint density at radius 2 is 2.17 bits per heavy atom. The number of ether oxygens (including phenoxy) is 1. The summed E-state index contributed by atoms with van der Waals surface area (Å²) in [6.45, 7) is 3.47. The Morgan fingerprint density at radius 1 is 1.50 bits per heavy atom. The molecule has 6 heteroatoms. The average Bonchev–Trinajstić information content (AvgIpc) is 3.12. The number of carbonyl (C=O) groups is 2. The van der Waals surface area contributed by atoms with Crippen molar-refractivity contribution in [2.75, 3.05) is 26.8 Å². The third-order valence-electron chi connectivity index (χ3n) is 3.13. The molecular formula is C12H22N2O4. The molecule has 0 aromatic rings. The smallest absolute Gasteiger partial charge is 0.317 e. The van der Waals surface area contributed by atoms with Gasteiger partial charge in [0.25, 0.3) is 0 Å². The molecule has 1 unspecified atom stereocenters. The second-order valence-electron chi connectivity index (χ2n) is 4.56. The van der Waals surface area contributed by atoms with Gasteiger partial charge in [0.15, 0.2) is 0 Å². The fraction of sp³-hybridized carbons (Fsp3) is 0.833. The zero-order chi connectivity index (χ0) is 13.5. The lowest BCUT2D eigenvalue weighted by molar-refractivity contribution is -0.137. The van der Waals surface area contributed by atoms with Crippen LogP contribution in [-0.2, 0) is 9.53 Å². The molecule has 2 amide bonds. The van der Waals surface area contributed by atoms with Crippen LogP contribution < -0.4 is 5.32 Å². The van der Waals surface area contributed by atoms with E-state index in [1.807, 2.05) is 6.92 Å². The summed E-state index contributed by atoms with van der Waals surface area (Å²) in [5.74, 6) is -0.543. The number of likely N-dealkylation sites (N-methyl/N-ethyl adjacent to an activating group) is 1. The van der Waals surface area contributed by atoms with Crippen molar-refractivity contribution in [3.63, 3.8) is 0 Å². The molecule has 0 aromatic carbocycles. The van der Waals surface area contributed by atoms with E-state index in [-0.39, 0.29) is 18.5 Å². The van der Waals surface area contributed by atoms with E-state index in [0.717, 1.165) is 12.8 Å². The van der Waals surface area contributed by atoms with Gasteiger partial charge in [-0.2, -0.15) is 0 Å². The topological polar surface area (TPSA) is 78.9 Å². The molecular weight excluding hydrogens is 236 g/mol. The summed E-state index contributed by atoms with van der Waals surface area (Å²) in [6, 6.07) is -0.445. The number of hydrogen-bond donors (Lipinski definition) is 2. The second-order valence-corrected chi connectivity index (χ2v) is 4.56. The molecule has 1 rings (SSSR count). The minimum atomic E-state index is -0.868. The zero-order valence-electron chi connectivity index (χ0n) is 11.0. The number of aliphatic carboxylic acids is 1. The number of nitrogens with zero attached hydrogens (tertiary/aromatic N) is 1. The predicted octanol–water partition coefficient (Wildman–Crippen LogP) is 0.918. The minimum Gasteiger partial charge on any atom is -0.481 e. The fourth-order valence-electron chi connectivity index (χ4n) is 1.88. The van der Waals surface area contributed by atoms with Crippen LogP contribution in [0.1, 0.15) is 26.2 Å². The normalized spacial score (nSPS) is 16.1. The summed E-state index contributed by atoms with van der Waals surface area (Å²) < 4.78 is 4.94. The van der Waals surface area contributed by atoms with E-state index >= 15 is 0 Å². The first-order chi connectivity index (χ1) is 8.58. The zero-order valence-corrected chi connectivity index (χ0v) is 11.0. The summed E-state index contributed by atoms with van der Waals surface area (Å²) >= 11 is 0. The van der Waals surface area contributed by atoms with Crippen LogP contribution in [0.5, 0.6) is 0 Å². The number of carboxylic acid groups (broad SMARTS) is 1. The lowest BCUT2D eigenvalue weighted by Gasteiger charge is -2.24. The van der Waals surface area contributed by atoms with Crippen molar-refractivity contribution in [3.8, 4) is 0 Å². The van der Waals surface area contributed by atoms with Crippen LogP contribution in [0.3, 0.4) is 0 Å². The molecule has 1 aliphatic carbocycles. The largest absolute Gasteiger partial charge is 0.481 e. The molecule has 0 aliphatic heterocycles. The minimum absolute atomic E-state index is 0.00175. The van der Waals surface area contributed by atoms with E-state index in [4.69, 9.17) is 9.84 Å². The van der Waals surface area contributed by atoms with Gasteiger partial charge in [0.1, 0.15) is 0 Å². The van der Waals surface area contributed by atoms with Gasteiger partial charge in [-0.15, -0.1) is 0 Å². The van der Waals surface area contributed by atoms with E-state index in [0.29, 0.717) is 25.6 Å². The lowest BCUT2D eigenvalue weighted by atomic mass is 10.1. The van der Waals surface area contributed by atoms with Gasteiger partial charge >= 0.3 is 12.0 Å². The van der Waals surface area contributed by atoms with Gasteiger partial charge in [-0.05, 0) is 25.7 Å². The molecule has 18 heavy (non-hydrogen) atoms. The molecule has 2 N–H and O–H groups in total. The highest BCUT2D eigenvalue weighted by atomic mass is 16.5. The number of carbonyl (C=O) groups excluding carboxylic acids is 1. The fourth-order valence-corrected chi connectivity index (χ4v) is 1.88. The maximum atomic E-state index is 12.0. The second kappa shape index (κ2) is 7.20. The number of nitrogens with one attached hydrogen (secondary N) is 1.